The van der Waals surface area contributed by atoms with E-state index in [1.165, 1.54) is 0 Å². The van der Waals surface area contributed by atoms with Gasteiger partial charge in [-0.3, -0.25) is 9.59 Å². The van der Waals surface area contributed by atoms with E-state index in [4.69, 9.17) is 16.3 Å². The molecule has 6 heteroatoms. The zero-order valence-corrected chi connectivity index (χ0v) is 15.4. The van der Waals surface area contributed by atoms with Gasteiger partial charge in [0.25, 0.3) is 11.8 Å². The molecule has 0 aliphatic carbocycles. The molecule has 0 radical (unpaired) electrons. The highest BCUT2D eigenvalue weighted by Gasteiger charge is 2.25. The molecule has 0 aromatic heterocycles. The molecule has 1 fully saturated rings. The number of carbonyl (C=O) groups excluding carboxylic acids is 2. The average molecular weight is 373 g/mol. The Morgan fingerprint density at radius 1 is 1.00 bits per heavy atom. The predicted octanol–water partition coefficient (Wildman–Crippen LogP) is 3.01. The Morgan fingerprint density at radius 3 is 2.35 bits per heavy atom. The molecule has 1 saturated heterocycles. The third-order valence-electron chi connectivity index (χ3n) is 4.38. The van der Waals surface area contributed by atoms with Crippen molar-refractivity contribution in [1.82, 2.24) is 9.80 Å². The van der Waals surface area contributed by atoms with Gasteiger partial charge in [0.15, 0.2) is 6.61 Å². The van der Waals surface area contributed by atoms with Crippen molar-refractivity contribution in [2.75, 3.05) is 32.8 Å². The zero-order valence-electron chi connectivity index (χ0n) is 14.7. The van der Waals surface area contributed by atoms with Crippen molar-refractivity contribution in [3.63, 3.8) is 0 Å². The molecule has 1 aliphatic rings. The Bertz CT molecular complexity index is 787. The Kier molecular flexibility index (Phi) is 5.78. The van der Waals surface area contributed by atoms with Crippen molar-refractivity contribution >= 4 is 23.4 Å². The van der Waals surface area contributed by atoms with Gasteiger partial charge in [0.2, 0.25) is 0 Å². The first kappa shape index (κ1) is 18.3. The highest BCUT2D eigenvalue weighted by atomic mass is 35.5. The fraction of sp³-hybridized carbons (Fsp3) is 0.300. The van der Waals surface area contributed by atoms with Crippen LogP contribution in [0.4, 0.5) is 0 Å². The first-order valence-corrected chi connectivity index (χ1v) is 8.93. The van der Waals surface area contributed by atoms with Crippen LogP contribution in [-0.4, -0.2) is 54.4 Å². The summed E-state index contributed by atoms with van der Waals surface area (Å²) in [6.07, 6.45) is 0. The molecule has 2 amide bonds. The minimum absolute atomic E-state index is 0.000455. The monoisotopic (exact) mass is 372 g/mol. The van der Waals surface area contributed by atoms with Crippen LogP contribution in [-0.2, 0) is 4.79 Å². The minimum atomic E-state index is -0.102. The lowest BCUT2D eigenvalue weighted by atomic mass is 10.2. The summed E-state index contributed by atoms with van der Waals surface area (Å²) in [6, 6.07) is 14.6. The van der Waals surface area contributed by atoms with E-state index in [9.17, 15) is 9.59 Å². The smallest absolute Gasteiger partial charge is 0.260 e. The quantitative estimate of drug-likeness (QED) is 0.829. The molecule has 0 saturated carbocycles. The Hall–Kier alpha value is -2.53. The van der Waals surface area contributed by atoms with Crippen molar-refractivity contribution in [3.8, 4) is 5.75 Å². The van der Waals surface area contributed by atoms with E-state index in [0.717, 1.165) is 5.56 Å². The zero-order chi connectivity index (χ0) is 18.5. The Labute approximate surface area is 158 Å². The molecule has 136 valence electrons. The van der Waals surface area contributed by atoms with E-state index in [-0.39, 0.29) is 18.4 Å². The third-order valence-corrected chi connectivity index (χ3v) is 4.69. The molecule has 0 spiro atoms. The molecule has 1 heterocycles. The fourth-order valence-corrected chi connectivity index (χ4v) is 3.05. The maximum atomic E-state index is 12.4. The van der Waals surface area contributed by atoms with Crippen molar-refractivity contribution in [3.05, 3.63) is 64.7 Å². The van der Waals surface area contributed by atoms with Gasteiger partial charge in [-0.2, -0.15) is 0 Å². The largest absolute Gasteiger partial charge is 0.482 e. The van der Waals surface area contributed by atoms with Gasteiger partial charge in [0, 0.05) is 31.7 Å². The van der Waals surface area contributed by atoms with Crippen LogP contribution >= 0.6 is 11.6 Å². The highest BCUT2D eigenvalue weighted by Crippen LogP contribution is 2.25. The topological polar surface area (TPSA) is 49.9 Å². The van der Waals surface area contributed by atoms with Gasteiger partial charge in [-0.25, -0.2) is 0 Å². The maximum absolute atomic E-state index is 12.4. The molecule has 0 N–H and O–H groups in total. The van der Waals surface area contributed by atoms with E-state index >= 15 is 0 Å². The van der Waals surface area contributed by atoms with Crippen LogP contribution < -0.4 is 4.74 Å². The lowest BCUT2D eigenvalue weighted by Crippen LogP contribution is -2.51. The van der Waals surface area contributed by atoms with Crippen molar-refractivity contribution in [2.24, 2.45) is 0 Å². The summed E-state index contributed by atoms with van der Waals surface area (Å²) >= 11 is 6.08. The van der Waals surface area contributed by atoms with E-state index in [0.29, 0.717) is 42.5 Å². The number of hydrogen-bond donors (Lipinski definition) is 0. The molecule has 0 unspecified atom stereocenters. The van der Waals surface area contributed by atoms with Gasteiger partial charge >= 0.3 is 0 Å². The minimum Gasteiger partial charge on any atom is -0.482 e. The number of ether oxygens (including phenoxy) is 1. The lowest BCUT2D eigenvalue weighted by Gasteiger charge is -2.34. The van der Waals surface area contributed by atoms with Crippen LogP contribution in [0.25, 0.3) is 0 Å². The number of aryl methyl sites for hydroxylation is 1. The molecule has 5 nitrogen and oxygen atoms in total. The number of halogens is 1. The summed E-state index contributed by atoms with van der Waals surface area (Å²) in [5.41, 5.74) is 1.69. The summed E-state index contributed by atoms with van der Waals surface area (Å²) in [6.45, 7) is 3.92. The van der Waals surface area contributed by atoms with Crippen LogP contribution in [0.3, 0.4) is 0 Å². The first-order valence-electron chi connectivity index (χ1n) is 8.55. The standard InChI is InChI=1S/C20H21ClN2O3/c1-15-7-8-17(21)18(13-15)26-14-19(24)22-9-11-23(12-10-22)20(25)16-5-3-2-4-6-16/h2-8,13H,9-12,14H2,1H3. The lowest BCUT2D eigenvalue weighted by molar-refractivity contribution is -0.134. The summed E-state index contributed by atoms with van der Waals surface area (Å²) in [5, 5.41) is 0.488. The van der Waals surface area contributed by atoms with Crippen LogP contribution in [0.2, 0.25) is 5.02 Å². The molecular weight excluding hydrogens is 352 g/mol. The van der Waals surface area contributed by atoms with Crippen LogP contribution in [0.15, 0.2) is 48.5 Å². The van der Waals surface area contributed by atoms with Crippen molar-refractivity contribution in [2.45, 2.75) is 6.92 Å². The Morgan fingerprint density at radius 2 is 1.65 bits per heavy atom. The average Bonchev–Trinajstić information content (AvgIpc) is 2.68. The second kappa shape index (κ2) is 8.23. The third kappa shape index (κ3) is 4.35. The van der Waals surface area contributed by atoms with E-state index < -0.39 is 0 Å². The molecule has 3 rings (SSSR count). The SMILES string of the molecule is Cc1ccc(Cl)c(OCC(=O)N2CCN(C(=O)c3ccccc3)CC2)c1. The number of nitrogens with zero attached hydrogens (tertiary/aromatic N) is 2. The number of benzene rings is 2. The molecule has 2 aromatic rings. The fourth-order valence-electron chi connectivity index (χ4n) is 2.87. The van der Waals surface area contributed by atoms with Crippen LogP contribution in [0, 0.1) is 6.92 Å². The van der Waals surface area contributed by atoms with Crippen molar-refractivity contribution < 1.29 is 14.3 Å². The number of hydrogen-bond acceptors (Lipinski definition) is 3. The van der Waals surface area contributed by atoms with Gasteiger partial charge in [0.05, 0.1) is 5.02 Å². The van der Waals surface area contributed by atoms with E-state index in [2.05, 4.69) is 0 Å². The predicted molar refractivity (Wildman–Crippen MR) is 101 cm³/mol. The molecular formula is C20H21ClN2O3. The van der Waals surface area contributed by atoms with Gasteiger partial charge < -0.3 is 14.5 Å². The molecule has 0 atom stereocenters. The summed E-state index contributed by atoms with van der Waals surface area (Å²) in [4.78, 5) is 28.3. The van der Waals surface area contributed by atoms with Crippen LogP contribution in [0.1, 0.15) is 15.9 Å². The normalized spacial score (nSPS) is 14.2. The van der Waals surface area contributed by atoms with Gasteiger partial charge in [-0.15, -0.1) is 0 Å². The first-order chi connectivity index (χ1) is 12.5. The second-order valence-corrected chi connectivity index (χ2v) is 6.67. The molecule has 2 aromatic carbocycles. The van der Waals surface area contributed by atoms with Crippen molar-refractivity contribution in [1.29, 1.82) is 0 Å². The summed E-state index contributed by atoms with van der Waals surface area (Å²) < 4.78 is 5.57. The molecule has 1 aliphatic heterocycles. The van der Waals surface area contributed by atoms with Gasteiger partial charge in [-0.05, 0) is 36.8 Å². The summed E-state index contributed by atoms with van der Waals surface area (Å²) in [5.74, 6) is 0.410. The molecule has 0 bridgehead atoms. The van der Waals surface area contributed by atoms with E-state index in [1.807, 2.05) is 37.3 Å². The van der Waals surface area contributed by atoms with Gasteiger partial charge in [-0.1, -0.05) is 35.9 Å². The van der Waals surface area contributed by atoms with Crippen LogP contribution in [0.5, 0.6) is 5.75 Å². The second-order valence-electron chi connectivity index (χ2n) is 6.26. The highest BCUT2D eigenvalue weighted by molar-refractivity contribution is 6.32. The number of piperazine rings is 1. The number of carbonyl (C=O) groups is 2. The van der Waals surface area contributed by atoms with Gasteiger partial charge in [0.1, 0.15) is 5.75 Å². The van der Waals surface area contributed by atoms with E-state index in [1.54, 1.807) is 28.0 Å². The summed E-state index contributed by atoms with van der Waals surface area (Å²) in [7, 11) is 0. The molecule has 26 heavy (non-hydrogen) atoms. The number of amides is 2. The number of rotatable bonds is 4. The Balaban J connectivity index is 1.50. The maximum Gasteiger partial charge on any atom is 0.260 e.